The highest BCUT2D eigenvalue weighted by Gasteiger charge is 2.29. The lowest BCUT2D eigenvalue weighted by Gasteiger charge is -2.04. The molecule has 3 heterocycles. The summed E-state index contributed by atoms with van der Waals surface area (Å²) in [4.78, 5) is 13.7. The predicted molar refractivity (Wildman–Crippen MR) is 74.8 cm³/mol. The van der Waals surface area contributed by atoms with Crippen LogP contribution in [-0.2, 0) is 6.54 Å². The number of thiazole rings is 1. The smallest absolute Gasteiger partial charge is 0.162 e. The number of hydrogen-bond donors (Lipinski definition) is 1. The lowest BCUT2D eigenvalue weighted by atomic mass is 10.4. The molecule has 4 rings (SSSR count). The van der Waals surface area contributed by atoms with Gasteiger partial charge in [0.25, 0.3) is 0 Å². The molecule has 3 aromatic rings. The standard InChI is InChI=1S/C13H13N5S/c14-6-11-16-10(7-19-11)13-17-9-2-1-5-15-12(9)18(13)8-3-4-8/h1-2,5,7-8H,3-4,6,14H2. The van der Waals surface area contributed by atoms with Crippen LogP contribution in [0.5, 0.6) is 0 Å². The van der Waals surface area contributed by atoms with Gasteiger partial charge in [0.15, 0.2) is 11.5 Å². The van der Waals surface area contributed by atoms with E-state index in [9.17, 15) is 0 Å². The van der Waals surface area contributed by atoms with Crippen molar-refractivity contribution in [3.05, 3.63) is 28.7 Å². The molecule has 5 nitrogen and oxygen atoms in total. The second kappa shape index (κ2) is 4.11. The highest BCUT2D eigenvalue weighted by Crippen LogP contribution is 2.40. The van der Waals surface area contributed by atoms with E-state index in [1.54, 1.807) is 11.3 Å². The first-order valence-corrected chi connectivity index (χ1v) is 7.22. The summed E-state index contributed by atoms with van der Waals surface area (Å²) in [5, 5.41) is 2.97. The van der Waals surface area contributed by atoms with Crippen LogP contribution in [0.4, 0.5) is 0 Å². The average molecular weight is 271 g/mol. The summed E-state index contributed by atoms with van der Waals surface area (Å²) in [7, 11) is 0. The van der Waals surface area contributed by atoms with E-state index >= 15 is 0 Å². The monoisotopic (exact) mass is 271 g/mol. The van der Waals surface area contributed by atoms with E-state index < -0.39 is 0 Å². The van der Waals surface area contributed by atoms with E-state index in [1.807, 2.05) is 23.7 Å². The Morgan fingerprint density at radius 2 is 2.26 bits per heavy atom. The molecule has 1 fully saturated rings. The number of imidazole rings is 1. The van der Waals surface area contributed by atoms with Gasteiger partial charge in [-0.3, -0.25) is 0 Å². The van der Waals surface area contributed by atoms with Crippen molar-refractivity contribution in [1.82, 2.24) is 19.5 Å². The van der Waals surface area contributed by atoms with Crippen molar-refractivity contribution in [2.24, 2.45) is 5.73 Å². The first kappa shape index (κ1) is 11.1. The molecular weight excluding hydrogens is 258 g/mol. The first-order valence-electron chi connectivity index (χ1n) is 6.34. The minimum atomic E-state index is 0.479. The highest BCUT2D eigenvalue weighted by molar-refractivity contribution is 7.09. The maximum atomic E-state index is 5.63. The van der Waals surface area contributed by atoms with E-state index in [0.717, 1.165) is 27.7 Å². The Hall–Kier alpha value is -1.79. The van der Waals surface area contributed by atoms with Gasteiger partial charge in [-0.25, -0.2) is 15.0 Å². The second-order valence-electron chi connectivity index (χ2n) is 4.71. The maximum absolute atomic E-state index is 5.63. The van der Waals surface area contributed by atoms with Gasteiger partial charge >= 0.3 is 0 Å². The summed E-state index contributed by atoms with van der Waals surface area (Å²) in [5.41, 5.74) is 8.44. The Kier molecular flexibility index (Phi) is 2.39. The van der Waals surface area contributed by atoms with E-state index in [0.29, 0.717) is 12.6 Å². The molecule has 0 bridgehead atoms. The summed E-state index contributed by atoms with van der Waals surface area (Å²) >= 11 is 1.59. The number of aromatic nitrogens is 4. The quantitative estimate of drug-likeness (QED) is 0.794. The number of fused-ring (bicyclic) bond motifs is 1. The third kappa shape index (κ3) is 1.75. The van der Waals surface area contributed by atoms with Crippen molar-refractivity contribution < 1.29 is 0 Å². The summed E-state index contributed by atoms with van der Waals surface area (Å²) in [6, 6.07) is 4.45. The number of nitrogens with two attached hydrogens (primary N) is 1. The number of hydrogen-bond acceptors (Lipinski definition) is 5. The summed E-state index contributed by atoms with van der Waals surface area (Å²) in [6.45, 7) is 0.479. The van der Waals surface area contributed by atoms with Gasteiger partial charge in [-0.1, -0.05) is 0 Å². The van der Waals surface area contributed by atoms with Gasteiger partial charge in [0.05, 0.1) is 0 Å². The summed E-state index contributed by atoms with van der Waals surface area (Å²) < 4.78 is 2.23. The molecule has 3 aromatic heterocycles. The molecule has 19 heavy (non-hydrogen) atoms. The van der Waals surface area contributed by atoms with Crippen LogP contribution < -0.4 is 5.73 Å². The third-order valence-corrected chi connectivity index (χ3v) is 4.19. The number of pyridine rings is 1. The molecule has 0 aromatic carbocycles. The molecule has 0 saturated heterocycles. The van der Waals surface area contributed by atoms with Gasteiger partial charge in [0.2, 0.25) is 0 Å². The fourth-order valence-corrected chi connectivity index (χ4v) is 2.95. The molecule has 1 aliphatic rings. The lowest BCUT2D eigenvalue weighted by Crippen LogP contribution is -1.99. The molecule has 0 amide bonds. The van der Waals surface area contributed by atoms with Gasteiger partial charge in [-0.2, -0.15) is 0 Å². The van der Waals surface area contributed by atoms with Crippen LogP contribution in [-0.4, -0.2) is 19.5 Å². The van der Waals surface area contributed by atoms with Crippen LogP contribution >= 0.6 is 11.3 Å². The topological polar surface area (TPSA) is 69.6 Å². The molecule has 1 saturated carbocycles. The van der Waals surface area contributed by atoms with Crippen molar-refractivity contribution in [2.75, 3.05) is 0 Å². The molecule has 0 radical (unpaired) electrons. The van der Waals surface area contributed by atoms with Crippen LogP contribution in [0.15, 0.2) is 23.7 Å². The first-order chi connectivity index (χ1) is 9.36. The fraction of sp³-hybridized carbons (Fsp3) is 0.308. The lowest BCUT2D eigenvalue weighted by molar-refractivity contribution is 0.764. The number of nitrogens with zero attached hydrogens (tertiary/aromatic N) is 4. The minimum absolute atomic E-state index is 0.479. The molecule has 1 aliphatic carbocycles. The van der Waals surface area contributed by atoms with E-state index in [2.05, 4.69) is 14.5 Å². The van der Waals surface area contributed by atoms with E-state index in [4.69, 9.17) is 10.7 Å². The Balaban J connectivity index is 1.95. The van der Waals surface area contributed by atoms with Crippen LogP contribution in [0.1, 0.15) is 23.9 Å². The Morgan fingerprint density at radius 1 is 1.37 bits per heavy atom. The van der Waals surface area contributed by atoms with Gasteiger partial charge in [0, 0.05) is 24.2 Å². The summed E-state index contributed by atoms with van der Waals surface area (Å²) in [6.07, 6.45) is 4.21. The SMILES string of the molecule is NCc1nc(-c2nc3cccnc3n2C2CC2)cs1. The summed E-state index contributed by atoms with van der Waals surface area (Å²) in [5.74, 6) is 0.923. The van der Waals surface area contributed by atoms with Crippen LogP contribution in [0.2, 0.25) is 0 Å². The van der Waals surface area contributed by atoms with Crippen LogP contribution in [0, 0.1) is 0 Å². The molecule has 96 valence electrons. The fourth-order valence-electron chi connectivity index (χ4n) is 2.30. The van der Waals surface area contributed by atoms with Crippen molar-refractivity contribution in [2.45, 2.75) is 25.4 Å². The Morgan fingerprint density at radius 3 is 3.00 bits per heavy atom. The normalized spacial score (nSPS) is 15.2. The van der Waals surface area contributed by atoms with Crippen molar-refractivity contribution in [1.29, 1.82) is 0 Å². The molecule has 6 heteroatoms. The predicted octanol–water partition coefficient (Wildman–Crippen LogP) is 2.35. The van der Waals surface area contributed by atoms with Gasteiger partial charge in [-0.05, 0) is 25.0 Å². The largest absolute Gasteiger partial charge is 0.325 e. The molecule has 2 N–H and O–H groups in total. The maximum Gasteiger partial charge on any atom is 0.162 e. The zero-order valence-electron chi connectivity index (χ0n) is 10.3. The Bertz CT molecular complexity index is 740. The van der Waals surface area contributed by atoms with Crippen molar-refractivity contribution in [3.8, 4) is 11.5 Å². The molecule has 0 aliphatic heterocycles. The third-order valence-electron chi connectivity index (χ3n) is 3.32. The van der Waals surface area contributed by atoms with Crippen LogP contribution in [0.3, 0.4) is 0 Å². The zero-order chi connectivity index (χ0) is 12.8. The van der Waals surface area contributed by atoms with Gasteiger partial charge in [0.1, 0.15) is 16.2 Å². The molecule has 0 spiro atoms. The zero-order valence-corrected chi connectivity index (χ0v) is 11.1. The van der Waals surface area contributed by atoms with Crippen LogP contribution in [0.25, 0.3) is 22.7 Å². The minimum Gasteiger partial charge on any atom is -0.325 e. The molecule has 0 atom stereocenters. The van der Waals surface area contributed by atoms with Crippen molar-refractivity contribution in [3.63, 3.8) is 0 Å². The Labute approximate surface area is 114 Å². The average Bonchev–Trinajstić information content (AvgIpc) is 3.05. The highest BCUT2D eigenvalue weighted by atomic mass is 32.1. The van der Waals surface area contributed by atoms with Gasteiger partial charge < -0.3 is 10.3 Å². The van der Waals surface area contributed by atoms with Crippen molar-refractivity contribution >= 4 is 22.5 Å². The molecule has 0 unspecified atom stereocenters. The number of rotatable bonds is 3. The van der Waals surface area contributed by atoms with E-state index in [1.165, 1.54) is 12.8 Å². The van der Waals surface area contributed by atoms with E-state index in [-0.39, 0.29) is 0 Å². The van der Waals surface area contributed by atoms with Gasteiger partial charge in [-0.15, -0.1) is 11.3 Å². The second-order valence-corrected chi connectivity index (χ2v) is 5.66. The molecular formula is C13H13N5S.